The van der Waals surface area contributed by atoms with E-state index in [1.54, 1.807) is 6.07 Å². The predicted octanol–water partition coefficient (Wildman–Crippen LogP) is 0.754. The molecule has 0 saturated heterocycles. The van der Waals surface area contributed by atoms with E-state index in [9.17, 15) is 14.4 Å². The third-order valence-electron chi connectivity index (χ3n) is 2.64. The molecule has 7 heteroatoms. The summed E-state index contributed by atoms with van der Waals surface area (Å²) in [4.78, 5) is 33.3. The van der Waals surface area contributed by atoms with Crippen LogP contribution in [0.25, 0.3) is 0 Å². The highest BCUT2D eigenvalue weighted by Gasteiger charge is 2.22. The molecule has 1 aromatic rings. The molecule has 1 atom stereocenters. The van der Waals surface area contributed by atoms with Gasteiger partial charge in [0.15, 0.2) is 0 Å². The summed E-state index contributed by atoms with van der Waals surface area (Å²) in [7, 11) is 0. The van der Waals surface area contributed by atoms with E-state index in [0.717, 1.165) is 11.1 Å². The fourth-order valence-corrected chi connectivity index (χ4v) is 1.67. The minimum absolute atomic E-state index is 0.463. The summed E-state index contributed by atoms with van der Waals surface area (Å²) >= 11 is 0. The van der Waals surface area contributed by atoms with Gasteiger partial charge in [0, 0.05) is 5.69 Å². The molecule has 1 aromatic carbocycles. The number of rotatable bonds is 5. The van der Waals surface area contributed by atoms with Crippen molar-refractivity contribution in [3.8, 4) is 0 Å². The third kappa shape index (κ3) is 4.60. The number of carbonyl (C=O) groups is 3. The standard InChI is InChI=1S/C13H17N3O4/c1-7-3-4-9(8(2)5-7)15-13(20)16-10(12(18)19)6-11(14)17/h3-5,10H,6H2,1-2H3,(H2,14,17)(H,18,19)(H2,15,16,20). The number of urea groups is 1. The number of aryl methyl sites for hydroxylation is 2. The molecule has 0 aliphatic heterocycles. The third-order valence-corrected chi connectivity index (χ3v) is 2.64. The van der Waals surface area contributed by atoms with Crippen LogP contribution in [0.4, 0.5) is 10.5 Å². The van der Waals surface area contributed by atoms with Crippen molar-refractivity contribution in [2.24, 2.45) is 5.73 Å². The molecule has 7 nitrogen and oxygen atoms in total. The first kappa shape index (κ1) is 15.5. The van der Waals surface area contributed by atoms with E-state index in [4.69, 9.17) is 10.8 Å². The van der Waals surface area contributed by atoms with Gasteiger partial charge in [-0.25, -0.2) is 9.59 Å². The summed E-state index contributed by atoms with van der Waals surface area (Å²) in [6, 6.07) is 3.37. The number of carboxylic acids is 1. The van der Waals surface area contributed by atoms with Crippen molar-refractivity contribution in [2.75, 3.05) is 5.32 Å². The highest BCUT2D eigenvalue weighted by atomic mass is 16.4. The molecule has 0 spiro atoms. The van der Waals surface area contributed by atoms with Crippen molar-refractivity contribution < 1.29 is 19.5 Å². The van der Waals surface area contributed by atoms with Gasteiger partial charge in [0.05, 0.1) is 6.42 Å². The Labute approximate surface area is 116 Å². The highest BCUT2D eigenvalue weighted by Crippen LogP contribution is 2.15. The van der Waals surface area contributed by atoms with Gasteiger partial charge in [-0.05, 0) is 25.5 Å². The number of nitrogens with one attached hydrogen (secondary N) is 2. The zero-order valence-corrected chi connectivity index (χ0v) is 11.3. The normalized spacial score (nSPS) is 11.5. The number of anilines is 1. The largest absolute Gasteiger partial charge is 0.480 e. The van der Waals surface area contributed by atoms with Crippen LogP contribution in [0, 0.1) is 13.8 Å². The van der Waals surface area contributed by atoms with Crippen LogP contribution in [-0.2, 0) is 9.59 Å². The molecular formula is C13H17N3O4. The van der Waals surface area contributed by atoms with Crippen LogP contribution in [0.2, 0.25) is 0 Å². The van der Waals surface area contributed by atoms with Crippen LogP contribution in [-0.4, -0.2) is 29.1 Å². The number of carbonyl (C=O) groups excluding carboxylic acids is 2. The first-order valence-corrected chi connectivity index (χ1v) is 5.95. The SMILES string of the molecule is Cc1ccc(NC(=O)NC(CC(N)=O)C(=O)O)c(C)c1. The molecule has 3 amide bonds. The van der Waals surface area contributed by atoms with Gasteiger partial charge in [-0.1, -0.05) is 17.7 Å². The topological polar surface area (TPSA) is 122 Å². The molecule has 1 unspecified atom stereocenters. The van der Waals surface area contributed by atoms with Gasteiger partial charge in [0.25, 0.3) is 0 Å². The Hall–Kier alpha value is -2.57. The maximum atomic E-state index is 11.7. The fraction of sp³-hybridized carbons (Fsp3) is 0.308. The Bertz CT molecular complexity index is 542. The smallest absolute Gasteiger partial charge is 0.326 e. The van der Waals surface area contributed by atoms with E-state index >= 15 is 0 Å². The minimum Gasteiger partial charge on any atom is -0.480 e. The number of carboxylic acid groups (broad SMARTS) is 1. The first-order chi connectivity index (χ1) is 9.29. The average molecular weight is 279 g/mol. The number of aliphatic carboxylic acids is 1. The molecule has 0 bridgehead atoms. The first-order valence-electron chi connectivity index (χ1n) is 5.95. The Kier molecular flexibility index (Phi) is 5.08. The molecule has 108 valence electrons. The number of primary amides is 1. The summed E-state index contributed by atoms with van der Waals surface area (Å²) in [5.41, 5.74) is 7.39. The van der Waals surface area contributed by atoms with Crippen molar-refractivity contribution in [1.29, 1.82) is 0 Å². The number of hydrogen-bond acceptors (Lipinski definition) is 3. The van der Waals surface area contributed by atoms with Crippen LogP contribution in [0.1, 0.15) is 17.5 Å². The molecule has 1 rings (SSSR count). The van der Waals surface area contributed by atoms with E-state index < -0.39 is 30.4 Å². The second-order valence-electron chi connectivity index (χ2n) is 4.48. The van der Waals surface area contributed by atoms with Crippen LogP contribution in [0.5, 0.6) is 0 Å². The van der Waals surface area contributed by atoms with Crippen molar-refractivity contribution in [1.82, 2.24) is 5.32 Å². The van der Waals surface area contributed by atoms with Gasteiger partial charge in [-0.2, -0.15) is 0 Å². The van der Waals surface area contributed by atoms with Crippen molar-refractivity contribution in [3.63, 3.8) is 0 Å². The van der Waals surface area contributed by atoms with Crippen molar-refractivity contribution in [3.05, 3.63) is 29.3 Å². The molecule has 0 radical (unpaired) electrons. The molecule has 0 saturated carbocycles. The van der Waals surface area contributed by atoms with E-state index in [-0.39, 0.29) is 0 Å². The van der Waals surface area contributed by atoms with Gasteiger partial charge in [-0.15, -0.1) is 0 Å². The second-order valence-corrected chi connectivity index (χ2v) is 4.48. The highest BCUT2D eigenvalue weighted by molar-refractivity contribution is 5.94. The summed E-state index contributed by atoms with van der Waals surface area (Å²) in [6.07, 6.45) is -0.463. The van der Waals surface area contributed by atoms with E-state index in [2.05, 4.69) is 10.6 Å². The van der Waals surface area contributed by atoms with Gasteiger partial charge in [0.2, 0.25) is 5.91 Å². The number of benzene rings is 1. The zero-order valence-electron chi connectivity index (χ0n) is 11.3. The molecule has 5 N–H and O–H groups in total. The summed E-state index contributed by atoms with van der Waals surface area (Å²) in [5.74, 6) is -2.12. The van der Waals surface area contributed by atoms with Crippen LogP contribution in [0.3, 0.4) is 0 Å². The van der Waals surface area contributed by atoms with Gasteiger partial charge >= 0.3 is 12.0 Å². The quantitative estimate of drug-likeness (QED) is 0.635. The van der Waals surface area contributed by atoms with Crippen LogP contribution in [0.15, 0.2) is 18.2 Å². The predicted molar refractivity (Wildman–Crippen MR) is 73.3 cm³/mol. The fourth-order valence-electron chi connectivity index (χ4n) is 1.67. The maximum absolute atomic E-state index is 11.7. The Morgan fingerprint density at radius 1 is 1.30 bits per heavy atom. The Morgan fingerprint density at radius 3 is 2.45 bits per heavy atom. The second kappa shape index (κ2) is 6.55. The lowest BCUT2D eigenvalue weighted by Crippen LogP contribution is -2.45. The van der Waals surface area contributed by atoms with Crippen molar-refractivity contribution >= 4 is 23.6 Å². The lowest BCUT2D eigenvalue weighted by atomic mass is 10.1. The van der Waals surface area contributed by atoms with Gasteiger partial charge in [-0.3, -0.25) is 4.79 Å². The molecular weight excluding hydrogens is 262 g/mol. The molecule has 0 fully saturated rings. The Balaban J connectivity index is 2.70. The van der Waals surface area contributed by atoms with Crippen LogP contribution >= 0.6 is 0 Å². The van der Waals surface area contributed by atoms with Crippen LogP contribution < -0.4 is 16.4 Å². The Morgan fingerprint density at radius 2 is 1.95 bits per heavy atom. The lowest BCUT2D eigenvalue weighted by Gasteiger charge is -2.14. The van der Waals surface area contributed by atoms with E-state index in [1.165, 1.54) is 0 Å². The molecule has 20 heavy (non-hydrogen) atoms. The van der Waals surface area contributed by atoms with Crippen molar-refractivity contribution in [2.45, 2.75) is 26.3 Å². The summed E-state index contributed by atoms with van der Waals surface area (Å²) in [6.45, 7) is 3.74. The monoisotopic (exact) mass is 279 g/mol. The minimum atomic E-state index is -1.35. The number of nitrogens with two attached hydrogens (primary N) is 1. The zero-order chi connectivity index (χ0) is 15.3. The summed E-state index contributed by atoms with van der Waals surface area (Å²) < 4.78 is 0. The van der Waals surface area contributed by atoms with Gasteiger partial charge < -0.3 is 21.5 Å². The summed E-state index contributed by atoms with van der Waals surface area (Å²) in [5, 5.41) is 13.6. The average Bonchev–Trinajstić information content (AvgIpc) is 2.31. The molecule has 0 aromatic heterocycles. The maximum Gasteiger partial charge on any atom is 0.326 e. The van der Waals surface area contributed by atoms with E-state index in [1.807, 2.05) is 26.0 Å². The molecule has 0 heterocycles. The number of hydrogen-bond donors (Lipinski definition) is 4. The molecule has 0 aliphatic carbocycles. The molecule has 0 aliphatic rings. The van der Waals surface area contributed by atoms with E-state index in [0.29, 0.717) is 5.69 Å². The lowest BCUT2D eigenvalue weighted by molar-refractivity contribution is -0.140. The number of amides is 3. The van der Waals surface area contributed by atoms with Gasteiger partial charge in [0.1, 0.15) is 6.04 Å².